The summed E-state index contributed by atoms with van der Waals surface area (Å²) in [6.45, 7) is 6.67. The van der Waals surface area contributed by atoms with E-state index in [9.17, 15) is 18.8 Å². The molecule has 1 atom stereocenters. The van der Waals surface area contributed by atoms with Gasteiger partial charge in [0.15, 0.2) is 0 Å². The zero-order valence-corrected chi connectivity index (χ0v) is 17.1. The molecule has 0 aliphatic rings. The summed E-state index contributed by atoms with van der Waals surface area (Å²) >= 11 is 0. The van der Waals surface area contributed by atoms with Crippen LogP contribution in [0, 0.1) is 5.82 Å². The molecule has 0 fully saturated rings. The molecule has 0 saturated carbocycles. The highest BCUT2D eigenvalue weighted by molar-refractivity contribution is 6.00. The lowest BCUT2D eigenvalue weighted by Gasteiger charge is -2.29. The lowest BCUT2D eigenvalue weighted by atomic mass is 10.1. The van der Waals surface area contributed by atoms with Gasteiger partial charge >= 0.3 is 0 Å². The smallest absolute Gasteiger partial charge is 0.254 e. The highest BCUT2D eigenvalue weighted by atomic mass is 19.1. The van der Waals surface area contributed by atoms with Gasteiger partial charge in [0.1, 0.15) is 5.82 Å². The van der Waals surface area contributed by atoms with E-state index in [-0.39, 0.29) is 41.7 Å². The SMILES string of the molecule is CCC(C)N(Cc1ccccc1F)C(=O)c1cc(NC(C)=O)cc(NC(C)=O)c1. The first-order valence-electron chi connectivity index (χ1n) is 9.46. The third-order valence-corrected chi connectivity index (χ3v) is 4.50. The fourth-order valence-electron chi connectivity index (χ4n) is 2.93. The maximum Gasteiger partial charge on any atom is 0.254 e. The third kappa shape index (κ3) is 6.14. The number of anilines is 2. The largest absolute Gasteiger partial charge is 0.332 e. The van der Waals surface area contributed by atoms with Crippen LogP contribution in [0.15, 0.2) is 42.5 Å². The molecule has 29 heavy (non-hydrogen) atoms. The summed E-state index contributed by atoms with van der Waals surface area (Å²) in [7, 11) is 0. The van der Waals surface area contributed by atoms with Crippen molar-refractivity contribution in [2.24, 2.45) is 0 Å². The number of nitrogens with zero attached hydrogens (tertiary/aromatic N) is 1. The number of benzene rings is 2. The molecule has 0 aromatic heterocycles. The number of carbonyl (C=O) groups is 3. The highest BCUT2D eigenvalue weighted by Gasteiger charge is 2.23. The zero-order chi connectivity index (χ0) is 21.6. The molecule has 0 aliphatic carbocycles. The summed E-state index contributed by atoms with van der Waals surface area (Å²) in [4.78, 5) is 37.8. The Balaban J connectivity index is 2.44. The van der Waals surface area contributed by atoms with E-state index in [4.69, 9.17) is 0 Å². The van der Waals surface area contributed by atoms with Crippen LogP contribution in [-0.2, 0) is 16.1 Å². The first-order chi connectivity index (χ1) is 13.7. The molecule has 154 valence electrons. The van der Waals surface area contributed by atoms with Gasteiger partial charge in [-0.3, -0.25) is 14.4 Å². The van der Waals surface area contributed by atoms with Crippen LogP contribution in [0.25, 0.3) is 0 Å². The van der Waals surface area contributed by atoms with Crippen LogP contribution in [0.4, 0.5) is 15.8 Å². The van der Waals surface area contributed by atoms with Gasteiger partial charge in [-0.1, -0.05) is 25.1 Å². The molecule has 0 bridgehead atoms. The molecule has 7 heteroatoms. The number of halogens is 1. The predicted octanol–water partition coefficient (Wildman–Crippen LogP) is 4.18. The third-order valence-electron chi connectivity index (χ3n) is 4.50. The van der Waals surface area contributed by atoms with E-state index in [2.05, 4.69) is 10.6 Å². The van der Waals surface area contributed by atoms with Crippen molar-refractivity contribution >= 4 is 29.1 Å². The fourth-order valence-corrected chi connectivity index (χ4v) is 2.93. The van der Waals surface area contributed by atoms with Crippen LogP contribution < -0.4 is 10.6 Å². The normalized spacial score (nSPS) is 11.5. The van der Waals surface area contributed by atoms with Crippen LogP contribution in [0.3, 0.4) is 0 Å². The molecule has 6 nitrogen and oxygen atoms in total. The van der Waals surface area contributed by atoms with Gasteiger partial charge < -0.3 is 15.5 Å². The van der Waals surface area contributed by atoms with Gasteiger partial charge in [0.2, 0.25) is 11.8 Å². The van der Waals surface area contributed by atoms with Gasteiger partial charge in [-0.2, -0.15) is 0 Å². The molecule has 2 aromatic rings. The van der Waals surface area contributed by atoms with E-state index < -0.39 is 0 Å². The first kappa shape index (κ1) is 22.1. The zero-order valence-electron chi connectivity index (χ0n) is 17.1. The van der Waals surface area contributed by atoms with E-state index in [1.807, 2.05) is 13.8 Å². The predicted molar refractivity (Wildman–Crippen MR) is 111 cm³/mol. The molecule has 0 aliphatic heterocycles. The Labute approximate surface area is 170 Å². The van der Waals surface area contributed by atoms with Gasteiger partial charge in [0, 0.05) is 48.9 Å². The minimum Gasteiger partial charge on any atom is -0.332 e. The van der Waals surface area contributed by atoms with Crippen molar-refractivity contribution in [1.29, 1.82) is 0 Å². The summed E-state index contributed by atoms with van der Waals surface area (Å²) in [5.74, 6) is -1.29. The van der Waals surface area contributed by atoms with Crippen molar-refractivity contribution in [3.8, 4) is 0 Å². The van der Waals surface area contributed by atoms with E-state index in [1.54, 1.807) is 41.3 Å². The van der Waals surface area contributed by atoms with Crippen LogP contribution in [0.2, 0.25) is 0 Å². The standard InChI is InChI=1S/C22H26FN3O3/c1-5-14(2)26(13-17-8-6-7-9-21(17)23)22(29)18-10-19(24-15(3)27)12-20(11-18)25-16(4)28/h6-12,14H,5,13H2,1-4H3,(H,24,27)(H,25,28). The average molecular weight is 399 g/mol. The molecule has 0 spiro atoms. The van der Waals surface area contributed by atoms with Crippen LogP contribution in [-0.4, -0.2) is 28.7 Å². The van der Waals surface area contributed by atoms with Gasteiger partial charge in [0.05, 0.1) is 0 Å². The number of hydrogen-bond acceptors (Lipinski definition) is 3. The topological polar surface area (TPSA) is 78.5 Å². The van der Waals surface area contributed by atoms with Crippen LogP contribution >= 0.6 is 0 Å². The molecule has 2 aromatic carbocycles. The average Bonchev–Trinajstić information content (AvgIpc) is 2.65. The minimum atomic E-state index is -0.375. The van der Waals surface area contributed by atoms with Crippen molar-refractivity contribution < 1.29 is 18.8 Å². The Morgan fingerprint density at radius 3 is 2.03 bits per heavy atom. The second-order valence-corrected chi connectivity index (χ2v) is 6.94. The van der Waals surface area contributed by atoms with E-state index >= 15 is 0 Å². The summed E-state index contributed by atoms with van der Waals surface area (Å²) in [6.07, 6.45) is 0.685. The Bertz CT molecular complexity index is 880. The fraction of sp³-hybridized carbons (Fsp3) is 0.318. The van der Waals surface area contributed by atoms with Crippen molar-refractivity contribution in [3.05, 3.63) is 59.4 Å². The number of carbonyl (C=O) groups excluding carboxylic acids is 3. The number of nitrogens with one attached hydrogen (secondary N) is 2. The van der Waals surface area contributed by atoms with Crippen molar-refractivity contribution in [1.82, 2.24) is 4.90 Å². The Morgan fingerprint density at radius 1 is 1.00 bits per heavy atom. The molecular formula is C22H26FN3O3. The molecule has 2 rings (SSSR count). The van der Waals surface area contributed by atoms with Crippen molar-refractivity contribution in [2.75, 3.05) is 10.6 Å². The second kappa shape index (κ2) is 9.82. The highest BCUT2D eigenvalue weighted by Crippen LogP contribution is 2.23. The molecule has 0 radical (unpaired) electrons. The summed E-state index contributed by atoms with van der Waals surface area (Å²) in [5, 5.41) is 5.27. The van der Waals surface area contributed by atoms with Gasteiger partial charge in [-0.25, -0.2) is 4.39 Å². The summed E-state index contributed by atoms with van der Waals surface area (Å²) < 4.78 is 14.2. The van der Waals surface area contributed by atoms with E-state index in [0.29, 0.717) is 23.4 Å². The second-order valence-electron chi connectivity index (χ2n) is 6.94. The maximum atomic E-state index is 14.2. The van der Waals surface area contributed by atoms with Crippen molar-refractivity contribution in [2.45, 2.75) is 46.7 Å². The number of amides is 3. The first-order valence-corrected chi connectivity index (χ1v) is 9.46. The molecule has 3 amide bonds. The Hall–Kier alpha value is -3.22. The summed E-state index contributed by atoms with van der Waals surface area (Å²) in [5.41, 5.74) is 1.49. The lowest BCUT2D eigenvalue weighted by molar-refractivity contribution is -0.115. The lowest BCUT2D eigenvalue weighted by Crippen LogP contribution is -2.38. The molecule has 0 saturated heterocycles. The van der Waals surface area contributed by atoms with Crippen LogP contribution in [0.1, 0.15) is 50.0 Å². The maximum absolute atomic E-state index is 14.2. The van der Waals surface area contributed by atoms with Crippen molar-refractivity contribution in [3.63, 3.8) is 0 Å². The number of hydrogen-bond donors (Lipinski definition) is 2. The van der Waals surface area contributed by atoms with Gasteiger partial charge in [0.25, 0.3) is 5.91 Å². The van der Waals surface area contributed by atoms with E-state index in [0.717, 1.165) is 0 Å². The number of rotatable bonds is 7. The Morgan fingerprint density at radius 2 is 1.55 bits per heavy atom. The molecule has 2 N–H and O–H groups in total. The van der Waals surface area contributed by atoms with Gasteiger partial charge in [-0.15, -0.1) is 0 Å². The molecular weight excluding hydrogens is 373 g/mol. The minimum absolute atomic E-state index is 0.111. The Kier molecular flexibility index (Phi) is 7.47. The quantitative estimate of drug-likeness (QED) is 0.733. The summed E-state index contributed by atoms with van der Waals surface area (Å²) in [6, 6.07) is 10.9. The molecule has 0 heterocycles. The van der Waals surface area contributed by atoms with Crippen LogP contribution in [0.5, 0.6) is 0 Å². The monoisotopic (exact) mass is 399 g/mol. The van der Waals surface area contributed by atoms with E-state index in [1.165, 1.54) is 19.9 Å². The van der Waals surface area contributed by atoms with Gasteiger partial charge in [-0.05, 0) is 37.6 Å². The molecule has 1 unspecified atom stereocenters.